The van der Waals surface area contributed by atoms with Crippen LogP contribution >= 0.6 is 11.3 Å². The molecule has 0 amide bonds. The van der Waals surface area contributed by atoms with Crippen LogP contribution < -0.4 is 5.32 Å². The van der Waals surface area contributed by atoms with Gasteiger partial charge in [-0.3, -0.25) is 0 Å². The van der Waals surface area contributed by atoms with E-state index < -0.39 is 0 Å². The van der Waals surface area contributed by atoms with Crippen molar-refractivity contribution in [3.05, 3.63) is 40.0 Å². The summed E-state index contributed by atoms with van der Waals surface area (Å²) in [5.74, 6) is 0.911. The van der Waals surface area contributed by atoms with Gasteiger partial charge in [0.25, 0.3) is 0 Å². The highest BCUT2D eigenvalue weighted by Crippen LogP contribution is 2.15. The number of hydrogen-bond donors (Lipinski definition) is 1. The molecule has 4 heteroatoms. The summed E-state index contributed by atoms with van der Waals surface area (Å²) < 4.78 is 0. The molecule has 0 aromatic carbocycles. The zero-order valence-electron chi connectivity index (χ0n) is 10.2. The molecule has 1 N–H and O–H groups in total. The van der Waals surface area contributed by atoms with E-state index in [0.29, 0.717) is 0 Å². The first kappa shape index (κ1) is 12.0. The van der Waals surface area contributed by atoms with Crippen LogP contribution in [0.5, 0.6) is 0 Å². The Morgan fingerprint density at radius 2 is 2.18 bits per heavy atom. The van der Waals surface area contributed by atoms with E-state index in [9.17, 15) is 0 Å². The Balaban J connectivity index is 1.99. The Hall–Kier alpha value is -1.42. The van der Waals surface area contributed by atoms with E-state index in [2.05, 4.69) is 39.9 Å². The van der Waals surface area contributed by atoms with Crippen molar-refractivity contribution in [1.82, 2.24) is 9.97 Å². The van der Waals surface area contributed by atoms with Gasteiger partial charge in [-0.2, -0.15) is 11.3 Å². The molecule has 0 radical (unpaired) electrons. The predicted molar refractivity (Wildman–Crippen MR) is 72.4 cm³/mol. The number of anilines is 1. The number of hydrogen-bond acceptors (Lipinski definition) is 4. The van der Waals surface area contributed by atoms with Crippen LogP contribution in [0, 0.1) is 6.92 Å². The lowest BCUT2D eigenvalue weighted by molar-refractivity contribution is 0.871. The number of aromatic nitrogens is 2. The molecule has 0 unspecified atom stereocenters. The van der Waals surface area contributed by atoms with Crippen molar-refractivity contribution in [3.63, 3.8) is 0 Å². The fraction of sp³-hybridized carbons (Fsp3) is 0.385. The largest absolute Gasteiger partial charge is 0.366 e. The Labute approximate surface area is 106 Å². The first-order valence-corrected chi connectivity index (χ1v) is 6.80. The maximum atomic E-state index is 4.24. The van der Waals surface area contributed by atoms with E-state index >= 15 is 0 Å². The summed E-state index contributed by atoms with van der Waals surface area (Å²) >= 11 is 1.74. The van der Waals surface area contributed by atoms with Crippen LogP contribution in [0.25, 0.3) is 0 Å². The van der Waals surface area contributed by atoms with Gasteiger partial charge >= 0.3 is 0 Å². The molecule has 90 valence electrons. The highest BCUT2D eigenvalue weighted by atomic mass is 32.1. The second-order valence-electron chi connectivity index (χ2n) is 4.08. The molecular weight excluding hydrogens is 230 g/mol. The van der Waals surface area contributed by atoms with E-state index in [1.807, 2.05) is 6.07 Å². The van der Waals surface area contributed by atoms with E-state index in [-0.39, 0.29) is 0 Å². The van der Waals surface area contributed by atoms with Gasteiger partial charge in [-0.15, -0.1) is 0 Å². The van der Waals surface area contributed by atoms with Gasteiger partial charge in [0.15, 0.2) is 0 Å². The SMILES string of the molecule is CCCc1cc(NCc2cscc2C)ncn1. The molecule has 0 atom stereocenters. The maximum Gasteiger partial charge on any atom is 0.129 e. The highest BCUT2D eigenvalue weighted by Gasteiger charge is 2.01. The van der Waals surface area contributed by atoms with Crippen LogP contribution in [0.15, 0.2) is 23.2 Å². The quantitative estimate of drug-likeness (QED) is 0.879. The summed E-state index contributed by atoms with van der Waals surface area (Å²) in [6.45, 7) is 5.12. The van der Waals surface area contributed by atoms with E-state index in [1.54, 1.807) is 17.7 Å². The summed E-state index contributed by atoms with van der Waals surface area (Å²) in [5.41, 5.74) is 3.78. The van der Waals surface area contributed by atoms with Crippen molar-refractivity contribution in [2.24, 2.45) is 0 Å². The Morgan fingerprint density at radius 3 is 2.88 bits per heavy atom. The van der Waals surface area contributed by atoms with Crippen molar-refractivity contribution in [1.29, 1.82) is 0 Å². The van der Waals surface area contributed by atoms with Crippen LogP contribution in [0.4, 0.5) is 5.82 Å². The van der Waals surface area contributed by atoms with Gasteiger partial charge in [0, 0.05) is 18.3 Å². The molecule has 0 saturated carbocycles. The molecule has 0 aliphatic heterocycles. The minimum atomic E-state index is 0.831. The van der Waals surface area contributed by atoms with Crippen molar-refractivity contribution in [2.75, 3.05) is 5.32 Å². The van der Waals surface area contributed by atoms with E-state index in [0.717, 1.165) is 30.9 Å². The number of aryl methyl sites for hydroxylation is 2. The molecule has 0 aliphatic rings. The monoisotopic (exact) mass is 247 g/mol. The molecule has 0 bridgehead atoms. The minimum absolute atomic E-state index is 0.831. The fourth-order valence-electron chi connectivity index (χ4n) is 1.64. The lowest BCUT2D eigenvalue weighted by Crippen LogP contribution is -2.03. The molecule has 0 spiro atoms. The van der Waals surface area contributed by atoms with Gasteiger partial charge in [-0.25, -0.2) is 9.97 Å². The van der Waals surface area contributed by atoms with Crippen LogP contribution in [0.3, 0.4) is 0 Å². The van der Waals surface area contributed by atoms with Gasteiger partial charge < -0.3 is 5.32 Å². The Morgan fingerprint density at radius 1 is 1.29 bits per heavy atom. The van der Waals surface area contributed by atoms with Crippen LogP contribution in [-0.4, -0.2) is 9.97 Å². The van der Waals surface area contributed by atoms with Gasteiger partial charge in [0.2, 0.25) is 0 Å². The number of nitrogens with zero attached hydrogens (tertiary/aromatic N) is 2. The molecule has 2 aromatic heterocycles. The number of rotatable bonds is 5. The van der Waals surface area contributed by atoms with Crippen LogP contribution in [-0.2, 0) is 13.0 Å². The lowest BCUT2D eigenvalue weighted by atomic mass is 10.2. The smallest absolute Gasteiger partial charge is 0.129 e. The van der Waals surface area contributed by atoms with E-state index in [4.69, 9.17) is 0 Å². The Kier molecular flexibility index (Phi) is 4.09. The van der Waals surface area contributed by atoms with Crippen molar-refractivity contribution >= 4 is 17.2 Å². The zero-order valence-corrected chi connectivity index (χ0v) is 11.0. The number of nitrogens with one attached hydrogen (secondary N) is 1. The summed E-state index contributed by atoms with van der Waals surface area (Å²) in [7, 11) is 0. The molecule has 0 saturated heterocycles. The molecule has 2 heterocycles. The summed E-state index contributed by atoms with van der Waals surface area (Å²) in [4.78, 5) is 8.47. The second-order valence-corrected chi connectivity index (χ2v) is 4.82. The van der Waals surface area contributed by atoms with Gasteiger partial charge in [0.05, 0.1) is 0 Å². The normalized spacial score (nSPS) is 10.5. The molecule has 3 nitrogen and oxygen atoms in total. The summed E-state index contributed by atoms with van der Waals surface area (Å²) in [6, 6.07) is 2.03. The molecule has 2 aromatic rings. The molecule has 0 fully saturated rings. The number of thiophene rings is 1. The predicted octanol–water partition coefficient (Wildman–Crippen LogP) is 3.41. The maximum absolute atomic E-state index is 4.24. The molecule has 0 aliphatic carbocycles. The average Bonchev–Trinajstić information content (AvgIpc) is 2.73. The standard InChI is InChI=1S/C13H17N3S/c1-3-4-12-5-13(16-9-15-12)14-6-11-8-17-7-10(11)2/h5,7-9H,3-4,6H2,1-2H3,(H,14,15,16). The molecule has 17 heavy (non-hydrogen) atoms. The third-order valence-electron chi connectivity index (χ3n) is 2.65. The van der Waals surface area contributed by atoms with Crippen LogP contribution in [0.1, 0.15) is 30.2 Å². The van der Waals surface area contributed by atoms with Gasteiger partial charge in [-0.1, -0.05) is 13.3 Å². The first-order chi connectivity index (χ1) is 8.29. The third-order valence-corrected chi connectivity index (χ3v) is 3.56. The minimum Gasteiger partial charge on any atom is -0.366 e. The van der Waals surface area contributed by atoms with Crippen LogP contribution in [0.2, 0.25) is 0 Å². The molecule has 2 rings (SSSR count). The highest BCUT2D eigenvalue weighted by molar-refractivity contribution is 7.08. The van der Waals surface area contributed by atoms with Crippen molar-refractivity contribution in [2.45, 2.75) is 33.2 Å². The zero-order chi connectivity index (χ0) is 12.1. The first-order valence-electron chi connectivity index (χ1n) is 5.86. The lowest BCUT2D eigenvalue weighted by Gasteiger charge is -2.06. The Bertz CT molecular complexity index is 479. The second kappa shape index (κ2) is 5.77. The van der Waals surface area contributed by atoms with Crippen molar-refractivity contribution < 1.29 is 0 Å². The summed E-state index contributed by atoms with van der Waals surface area (Å²) in [6.07, 6.45) is 3.75. The molecular formula is C13H17N3S. The average molecular weight is 247 g/mol. The van der Waals surface area contributed by atoms with E-state index in [1.165, 1.54) is 11.1 Å². The topological polar surface area (TPSA) is 37.8 Å². The third kappa shape index (κ3) is 3.27. The van der Waals surface area contributed by atoms with Gasteiger partial charge in [-0.05, 0) is 35.2 Å². The van der Waals surface area contributed by atoms with Crippen molar-refractivity contribution in [3.8, 4) is 0 Å². The summed E-state index contributed by atoms with van der Waals surface area (Å²) in [5, 5.41) is 7.69. The fourth-order valence-corrected chi connectivity index (χ4v) is 2.50. The van der Waals surface area contributed by atoms with Gasteiger partial charge in [0.1, 0.15) is 12.1 Å².